The van der Waals surface area contributed by atoms with Crippen LogP contribution in [0.2, 0.25) is 0 Å². The van der Waals surface area contributed by atoms with E-state index in [0.717, 1.165) is 5.69 Å². The largest absolute Gasteiger partial charge is 0.481 e. The van der Waals surface area contributed by atoms with Crippen molar-refractivity contribution in [2.24, 2.45) is 5.84 Å². The van der Waals surface area contributed by atoms with Crippen molar-refractivity contribution >= 4 is 17.6 Å². The Kier molecular flexibility index (Phi) is 7.17. The molecule has 5 N–H and O–H groups in total. The lowest BCUT2D eigenvalue weighted by Crippen LogP contribution is -2.05. The summed E-state index contributed by atoms with van der Waals surface area (Å²) in [6.07, 6.45) is -0.593. The molecule has 0 bridgehead atoms. The van der Waals surface area contributed by atoms with Gasteiger partial charge < -0.3 is 15.6 Å². The maximum absolute atomic E-state index is 9.64. The fourth-order valence-electron chi connectivity index (χ4n) is 0.748. The van der Waals surface area contributed by atoms with Crippen LogP contribution in [0.15, 0.2) is 30.3 Å². The van der Waals surface area contributed by atoms with Gasteiger partial charge in [-0.15, -0.1) is 0 Å². The molecule has 0 unspecified atom stereocenters. The van der Waals surface area contributed by atoms with Gasteiger partial charge in [-0.25, -0.2) is 0 Å². The third-order valence-electron chi connectivity index (χ3n) is 1.49. The highest BCUT2D eigenvalue weighted by atomic mass is 16.4. The average molecular weight is 226 g/mol. The number of carboxylic acids is 2. The molecule has 88 valence electrons. The summed E-state index contributed by atoms with van der Waals surface area (Å²) in [4.78, 5) is 19.3. The molecule has 6 heteroatoms. The van der Waals surface area contributed by atoms with Crippen molar-refractivity contribution in [3.63, 3.8) is 0 Å². The van der Waals surface area contributed by atoms with Crippen LogP contribution < -0.4 is 11.3 Å². The van der Waals surface area contributed by atoms with E-state index in [1.54, 1.807) is 0 Å². The topological polar surface area (TPSA) is 113 Å². The fraction of sp³-hybridized carbons (Fsp3) is 0.200. The molecular formula is C10H14N2O4. The van der Waals surface area contributed by atoms with E-state index >= 15 is 0 Å². The number of hydrogen-bond acceptors (Lipinski definition) is 4. The molecule has 0 fully saturated rings. The molecule has 0 amide bonds. The summed E-state index contributed by atoms with van der Waals surface area (Å²) in [6.45, 7) is 0. The number of carbonyl (C=O) groups is 2. The van der Waals surface area contributed by atoms with Crippen molar-refractivity contribution in [1.29, 1.82) is 0 Å². The molecule has 16 heavy (non-hydrogen) atoms. The van der Waals surface area contributed by atoms with Crippen molar-refractivity contribution in [3.8, 4) is 0 Å². The molecule has 1 aromatic carbocycles. The lowest BCUT2D eigenvalue weighted by molar-refractivity contribution is -0.143. The molecule has 0 radical (unpaired) electrons. The molecule has 0 atom stereocenters. The zero-order chi connectivity index (χ0) is 12.4. The van der Waals surface area contributed by atoms with Gasteiger partial charge >= 0.3 is 11.9 Å². The number of rotatable bonds is 4. The molecule has 0 aliphatic heterocycles. The molecule has 0 aliphatic rings. The number of carboxylic acid groups (broad SMARTS) is 2. The van der Waals surface area contributed by atoms with Gasteiger partial charge in [-0.3, -0.25) is 15.4 Å². The van der Waals surface area contributed by atoms with Crippen LogP contribution in [0.5, 0.6) is 0 Å². The number of nitrogens with one attached hydrogen (secondary N) is 1. The molecule has 1 aromatic rings. The first-order chi connectivity index (χ1) is 7.56. The second kappa shape index (κ2) is 8.25. The van der Waals surface area contributed by atoms with Crippen LogP contribution in [-0.2, 0) is 9.59 Å². The highest BCUT2D eigenvalue weighted by Crippen LogP contribution is 2.00. The Labute approximate surface area is 92.7 Å². The molecule has 1 rings (SSSR count). The summed E-state index contributed by atoms with van der Waals surface area (Å²) < 4.78 is 0. The van der Waals surface area contributed by atoms with E-state index in [2.05, 4.69) is 5.43 Å². The number of nitrogens with two attached hydrogens (primary N) is 1. The zero-order valence-electron chi connectivity index (χ0n) is 8.59. The highest BCUT2D eigenvalue weighted by molar-refractivity contribution is 5.75. The SMILES string of the molecule is NNc1ccccc1.O=C(O)CCC(=O)O. The van der Waals surface area contributed by atoms with Gasteiger partial charge in [-0.2, -0.15) is 0 Å². The Balaban J connectivity index is 0.000000281. The standard InChI is InChI=1S/C6H8N2.C4H6O4/c7-8-6-4-2-1-3-5-6;5-3(6)1-2-4(7)8/h1-5,8H,7H2;1-2H2,(H,5,6)(H,7,8). The van der Waals surface area contributed by atoms with Crippen LogP contribution in [0.4, 0.5) is 5.69 Å². The van der Waals surface area contributed by atoms with Crippen LogP contribution in [-0.4, -0.2) is 22.2 Å². The van der Waals surface area contributed by atoms with E-state index in [0.29, 0.717) is 0 Å². The van der Waals surface area contributed by atoms with Gasteiger partial charge in [0.1, 0.15) is 0 Å². The lowest BCUT2D eigenvalue weighted by atomic mass is 10.3. The summed E-state index contributed by atoms with van der Waals surface area (Å²) in [5, 5.41) is 15.8. The van der Waals surface area contributed by atoms with Crippen LogP contribution >= 0.6 is 0 Å². The minimum atomic E-state index is -1.08. The minimum absolute atomic E-state index is 0.296. The number of hydrazine groups is 1. The smallest absolute Gasteiger partial charge is 0.303 e. The first-order valence-electron chi connectivity index (χ1n) is 4.51. The maximum Gasteiger partial charge on any atom is 0.303 e. The Bertz CT molecular complexity index is 313. The first-order valence-corrected chi connectivity index (χ1v) is 4.51. The van der Waals surface area contributed by atoms with Crippen LogP contribution in [0, 0.1) is 0 Å². The second-order valence-corrected chi connectivity index (χ2v) is 2.80. The van der Waals surface area contributed by atoms with Gasteiger partial charge in [0.05, 0.1) is 12.8 Å². The summed E-state index contributed by atoms with van der Waals surface area (Å²) in [5.41, 5.74) is 3.46. The van der Waals surface area contributed by atoms with E-state index in [1.165, 1.54) is 0 Å². The van der Waals surface area contributed by atoms with E-state index in [4.69, 9.17) is 16.1 Å². The van der Waals surface area contributed by atoms with Gasteiger partial charge in [-0.05, 0) is 12.1 Å². The Morgan fingerprint density at radius 3 is 1.75 bits per heavy atom. The van der Waals surface area contributed by atoms with Gasteiger partial charge in [0, 0.05) is 5.69 Å². The number of nitrogen functional groups attached to an aromatic ring is 1. The molecule has 0 heterocycles. The van der Waals surface area contributed by atoms with Gasteiger partial charge in [0.2, 0.25) is 0 Å². The van der Waals surface area contributed by atoms with Crippen molar-refractivity contribution in [2.75, 3.05) is 5.43 Å². The van der Waals surface area contributed by atoms with Crippen molar-refractivity contribution in [1.82, 2.24) is 0 Å². The average Bonchev–Trinajstić information content (AvgIpc) is 2.28. The molecule has 0 saturated heterocycles. The van der Waals surface area contributed by atoms with Crippen molar-refractivity contribution in [3.05, 3.63) is 30.3 Å². The number of anilines is 1. The second-order valence-electron chi connectivity index (χ2n) is 2.80. The molecule has 0 aliphatic carbocycles. The van der Waals surface area contributed by atoms with E-state index in [-0.39, 0.29) is 12.8 Å². The quantitative estimate of drug-likeness (QED) is 0.448. The summed E-state index contributed by atoms with van der Waals surface area (Å²) in [6, 6.07) is 9.60. The first kappa shape index (κ1) is 13.9. The Hall–Kier alpha value is -2.08. The summed E-state index contributed by atoms with van der Waals surface area (Å²) in [7, 11) is 0. The Morgan fingerprint density at radius 2 is 1.50 bits per heavy atom. The predicted molar refractivity (Wildman–Crippen MR) is 58.8 cm³/mol. The zero-order valence-corrected chi connectivity index (χ0v) is 8.59. The normalized spacial score (nSPS) is 8.56. The molecule has 0 spiro atoms. The van der Waals surface area contributed by atoms with E-state index in [9.17, 15) is 9.59 Å². The van der Waals surface area contributed by atoms with Crippen LogP contribution in [0.3, 0.4) is 0 Å². The van der Waals surface area contributed by atoms with Gasteiger partial charge in [0.15, 0.2) is 0 Å². The highest BCUT2D eigenvalue weighted by Gasteiger charge is 2.00. The van der Waals surface area contributed by atoms with E-state index in [1.807, 2.05) is 30.3 Å². The minimum Gasteiger partial charge on any atom is -0.481 e. The summed E-state index contributed by atoms with van der Waals surface area (Å²) in [5.74, 6) is 2.95. The lowest BCUT2D eigenvalue weighted by Gasteiger charge is -1.94. The predicted octanol–water partition coefficient (Wildman–Crippen LogP) is 0.908. The number of hydrogen-bond donors (Lipinski definition) is 4. The maximum atomic E-state index is 9.64. The van der Waals surface area contributed by atoms with Crippen LogP contribution in [0.25, 0.3) is 0 Å². The van der Waals surface area contributed by atoms with Gasteiger partial charge in [0.25, 0.3) is 0 Å². The van der Waals surface area contributed by atoms with Crippen molar-refractivity contribution < 1.29 is 19.8 Å². The molecule has 6 nitrogen and oxygen atoms in total. The summed E-state index contributed by atoms with van der Waals surface area (Å²) >= 11 is 0. The van der Waals surface area contributed by atoms with Crippen LogP contribution in [0.1, 0.15) is 12.8 Å². The number of aliphatic carboxylic acids is 2. The van der Waals surface area contributed by atoms with E-state index < -0.39 is 11.9 Å². The number of para-hydroxylation sites is 1. The third kappa shape index (κ3) is 8.52. The fourth-order valence-corrected chi connectivity index (χ4v) is 0.748. The Morgan fingerprint density at radius 1 is 1.06 bits per heavy atom. The van der Waals surface area contributed by atoms with Crippen molar-refractivity contribution in [2.45, 2.75) is 12.8 Å². The molecule has 0 saturated carbocycles. The monoisotopic (exact) mass is 226 g/mol. The molecule has 0 aromatic heterocycles. The third-order valence-corrected chi connectivity index (χ3v) is 1.49. The van der Waals surface area contributed by atoms with Gasteiger partial charge in [-0.1, -0.05) is 18.2 Å². The molecular weight excluding hydrogens is 212 g/mol. The number of benzene rings is 1.